The standard InChI is InChI=1S/C10H25N3O2S/c1-4-5-7-13(8-6-11)16(14,15)12-9-10(2)3/h10,12H,4-9,11H2,1-3H3. The van der Waals surface area contributed by atoms with Gasteiger partial charge in [-0.1, -0.05) is 27.2 Å². The Labute approximate surface area is 99.6 Å². The highest BCUT2D eigenvalue weighted by Gasteiger charge is 2.20. The molecule has 0 fully saturated rings. The third-order valence-corrected chi connectivity index (χ3v) is 3.73. The summed E-state index contributed by atoms with van der Waals surface area (Å²) in [6.07, 6.45) is 1.84. The molecule has 3 N–H and O–H groups in total. The van der Waals surface area contributed by atoms with Gasteiger partial charge >= 0.3 is 0 Å². The fourth-order valence-electron chi connectivity index (χ4n) is 1.19. The van der Waals surface area contributed by atoms with Gasteiger partial charge in [0, 0.05) is 26.2 Å². The third-order valence-electron chi connectivity index (χ3n) is 2.15. The second-order valence-corrected chi connectivity index (χ2v) is 6.04. The summed E-state index contributed by atoms with van der Waals surface area (Å²) >= 11 is 0. The summed E-state index contributed by atoms with van der Waals surface area (Å²) in [4.78, 5) is 0. The summed E-state index contributed by atoms with van der Waals surface area (Å²) in [6.45, 7) is 7.73. The van der Waals surface area contributed by atoms with Crippen molar-refractivity contribution >= 4 is 10.2 Å². The van der Waals surface area contributed by atoms with Gasteiger partial charge in [-0.25, -0.2) is 4.72 Å². The van der Waals surface area contributed by atoms with Crippen molar-refractivity contribution in [1.29, 1.82) is 0 Å². The Bertz CT molecular complexity index is 265. The summed E-state index contributed by atoms with van der Waals surface area (Å²) in [5.41, 5.74) is 5.42. The van der Waals surface area contributed by atoms with Crippen molar-refractivity contribution in [2.24, 2.45) is 11.7 Å². The normalized spacial score (nSPS) is 12.6. The van der Waals surface area contributed by atoms with Gasteiger partial charge in [-0.3, -0.25) is 0 Å². The summed E-state index contributed by atoms with van der Waals surface area (Å²) in [7, 11) is -3.35. The molecule has 5 nitrogen and oxygen atoms in total. The van der Waals surface area contributed by atoms with Gasteiger partial charge < -0.3 is 5.73 Å². The third kappa shape index (κ3) is 6.42. The average Bonchev–Trinajstić information content (AvgIpc) is 2.21. The Hall–Kier alpha value is -0.170. The van der Waals surface area contributed by atoms with E-state index >= 15 is 0 Å². The van der Waals surface area contributed by atoms with Gasteiger partial charge in [-0.2, -0.15) is 12.7 Å². The average molecular weight is 251 g/mol. The quantitative estimate of drug-likeness (QED) is 0.628. The lowest BCUT2D eigenvalue weighted by Crippen LogP contribution is -2.44. The van der Waals surface area contributed by atoms with Gasteiger partial charge in [0.1, 0.15) is 0 Å². The van der Waals surface area contributed by atoms with Crippen LogP contribution in [0.25, 0.3) is 0 Å². The lowest BCUT2D eigenvalue weighted by Gasteiger charge is -2.22. The van der Waals surface area contributed by atoms with Crippen molar-refractivity contribution in [2.45, 2.75) is 33.6 Å². The molecule has 98 valence electrons. The fourth-order valence-corrected chi connectivity index (χ4v) is 2.64. The smallest absolute Gasteiger partial charge is 0.279 e. The first kappa shape index (κ1) is 15.8. The maximum absolute atomic E-state index is 11.9. The van der Waals surface area contributed by atoms with Crippen LogP contribution in [0.3, 0.4) is 0 Å². The summed E-state index contributed by atoms with van der Waals surface area (Å²) in [5.74, 6) is 0.306. The van der Waals surface area contributed by atoms with Gasteiger partial charge in [-0.05, 0) is 12.3 Å². The van der Waals surface area contributed by atoms with E-state index in [-0.39, 0.29) is 0 Å². The highest BCUT2D eigenvalue weighted by molar-refractivity contribution is 7.87. The van der Waals surface area contributed by atoms with Gasteiger partial charge in [0.2, 0.25) is 0 Å². The zero-order chi connectivity index (χ0) is 12.6. The maximum atomic E-state index is 11.9. The number of nitrogens with one attached hydrogen (secondary N) is 1. The van der Waals surface area contributed by atoms with E-state index in [1.54, 1.807) is 0 Å². The molecule has 6 heteroatoms. The largest absolute Gasteiger partial charge is 0.329 e. The van der Waals surface area contributed by atoms with Crippen molar-refractivity contribution in [3.05, 3.63) is 0 Å². The van der Waals surface area contributed by atoms with Crippen molar-refractivity contribution in [3.63, 3.8) is 0 Å². The molecule has 0 atom stereocenters. The summed E-state index contributed by atoms with van der Waals surface area (Å²) in [5, 5.41) is 0. The van der Waals surface area contributed by atoms with Crippen LogP contribution in [-0.4, -0.2) is 38.9 Å². The van der Waals surface area contributed by atoms with E-state index in [0.29, 0.717) is 32.1 Å². The molecule has 0 heterocycles. The molecule has 0 aliphatic heterocycles. The van der Waals surface area contributed by atoms with Gasteiger partial charge in [-0.15, -0.1) is 0 Å². The molecular weight excluding hydrogens is 226 g/mol. The predicted octanol–water partition coefficient (Wildman–Crippen LogP) is 0.538. The minimum absolute atomic E-state index is 0.306. The van der Waals surface area contributed by atoms with Crippen molar-refractivity contribution in [3.8, 4) is 0 Å². The molecule has 0 aliphatic carbocycles. The van der Waals surface area contributed by atoms with Gasteiger partial charge in [0.05, 0.1) is 0 Å². The van der Waals surface area contributed by atoms with Crippen molar-refractivity contribution in [1.82, 2.24) is 9.03 Å². The lowest BCUT2D eigenvalue weighted by atomic mass is 10.2. The van der Waals surface area contributed by atoms with E-state index in [0.717, 1.165) is 12.8 Å². The monoisotopic (exact) mass is 251 g/mol. The number of rotatable bonds is 9. The number of hydrogen-bond donors (Lipinski definition) is 2. The minimum Gasteiger partial charge on any atom is -0.329 e. The van der Waals surface area contributed by atoms with Crippen LogP contribution in [0.2, 0.25) is 0 Å². The van der Waals surface area contributed by atoms with Gasteiger partial charge in [0.25, 0.3) is 10.2 Å². The van der Waals surface area contributed by atoms with Crippen molar-refractivity contribution in [2.75, 3.05) is 26.2 Å². The SMILES string of the molecule is CCCCN(CCN)S(=O)(=O)NCC(C)C. The van der Waals surface area contributed by atoms with Crippen LogP contribution in [0.4, 0.5) is 0 Å². The first-order valence-electron chi connectivity index (χ1n) is 5.88. The second kappa shape index (κ2) is 8.00. The van der Waals surface area contributed by atoms with Crippen LogP contribution in [0.5, 0.6) is 0 Å². The van der Waals surface area contributed by atoms with Crippen LogP contribution >= 0.6 is 0 Å². The summed E-state index contributed by atoms with van der Waals surface area (Å²) < 4.78 is 27.8. The first-order valence-corrected chi connectivity index (χ1v) is 7.32. The Morgan fingerprint density at radius 3 is 2.38 bits per heavy atom. The number of unbranched alkanes of at least 4 members (excludes halogenated alkanes) is 1. The Morgan fingerprint density at radius 1 is 1.31 bits per heavy atom. The Kier molecular flexibility index (Phi) is 7.91. The molecule has 0 bridgehead atoms. The molecule has 0 saturated carbocycles. The molecule has 0 radical (unpaired) electrons. The Balaban J connectivity index is 4.37. The van der Waals surface area contributed by atoms with Crippen LogP contribution in [0.1, 0.15) is 33.6 Å². The molecule has 0 aromatic carbocycles. The second-order valence-electron chi connectivity index (χ2n) is 4.29. The zero-order valence-corrected chi connectivity index (χ0v) is 11.4. The van der Waals surface area contributed by atoms with E-state index in [2.05, 4.69) is 4.72 Å². The highest BCUT2D eigenvalue weighted by Crippen LogP contribution is 2.02. The molecule has 0 spiro atoms. The molecular formula is C10H25N3O2S. The fraction of sp³-hybridized carbons (Fsp3) is 1.00. The van der Waals surface area contributed by atoms with E-state index < -0.39 is 10.2 Å². The van der Waals surface area contributed by atoms with Crippen LogP contribution in [0.15, 0.2) is 0 Å². The minimum atomic E-state index is -3.35. The molecule has 0 aromatic heterocycles. The van der Waals surface area contributed by atoms with Crippen LogP contribution < -0.4 is 10.5 Å². The molecule has 0 saturated heterocycles. The van der Waals surface area contributed by atoms with E-state index in [1.165, 1.54) is 4.31 Å². The van der Waals surface area contributed by atoms with E-state index in [4.69, 9.17) is 5.73 Å². The lowest BCUT2D eigenvalue weighted by molar-refractivity contribution is 0.399. The topological polar surface area (TPSA) is 75.4 Å². The molecule has 16 heavy (non-hydrogen) atoms. The van der Waals surface area contributed by atoms with E-state index in [9.17, 15) is 8.42 Å². The molecule has 0 aromatic rings. The number of hydrogen-bond acceptors (Lipinski definition) is 3. The number of nitrogens with zero attached hydrogens (tertiary/aromatic N) is 1. The van der Waals surface area contributed by atoms with Crippen LogP contribution in [-0.2, 0) is 10.2 Å². The Morgan fingerprint density at radius 2 is 1.94 bits per heavy atom. The zero-order valence-electron chi connectivity index (χ0n) is 10.6. The van der Waals surface area contributed by atoms with E-state index in [1.807, 2.05) is 20.8 Å². The predicted molar refractivity (Wildman–Crippen MR) is 67.3 cm³/mol. The molecule has 0 unspecified atom stereocenters. The van der Waals surface area contributed by atoms with Crippen LogP contribution in [0, 0.1) is 5.92 Å². The first-order chi connectivity index (χ1) is 7.44. The molecule has 0 aliphatic rings. The summed E-state index contributed by atoms with van der Waals surface area (Å²) in [6, 6.07) is 0. The highest BCUT2D eigenvalue weighted by atomic mass is 32.2. The maximum Gasteiger partial charge on any atom is 0.279 e. The molecule has 0 amide bonds. The number of nitrogens with two attached hydrogens (primary N) is 1. The van der Waals surface area contributed by atoms with Crippen molar-refractivity contribution < 1.29 is 8.42 Å². The van der Waals surface area contributed by atoms with Gasteiger partial charge in [0.15, 0.2) is 0 Å². The molecule has 0 rings (SSSR count).